The highest BCUT2D eigenvalue weighted by Crippen LogP contribution is 2.39. The molecule has 0 aromatic carbocycles. The summed E-state index contributed by atoms with van der Waals surface area (Å²) in [6, 6.07) is 0. The molecule has 0 aliphatic heterocycles. The molecule has 0 nitrogen and oxygen atoms in total. The van der Waals surface area contributed by atoms with E-state index in [1.165, 1.54) is 11.1 Å². The lowest BCUT2D eigenvalue weighted by molar-refractivity contribution is 0.517. The molecular weight excluding hydrogens is 336 g/mol. The molecule has 0 heterocycles. The molecule has 1 aliphatic rings. The first kappa shape index (κ1) is 31.1. The minimum absolute atomic E-state index is 0.0885. The number of allylic oxidation sites excluding steroid dienone is 8. The highest BCUT2D eigenvalue weighted by molar-refractivity contribution is 5.59. The van der Waals surface area contributed by atoms with Crippen molar-refractivity contribution in [1.29, 1.82) is 0 Å². The first-order chi connectivity index (χ1) is 12.8. The maximum Gasteiger partial charge on any atom is -0.0138 e. The zero-order valence-corrected chi connectivity index (χ0v) is 21.4. The minimum atomic E-state index is 0.0885. The summed E-state index contributed by atoms with van der Waals surface area (Å²) in [7, 11) is 0. The van der Waals surface area contributed by atoms with Gasteiger partial charge in [-0.1, -0.05) is 122 Å². The van der Waals surface area contributed by atoms with E-state index in [1.54, 1.807) is 0 Å². The Labute approximate surface area is 178 Å². The van der Waals surface area contributed by atoms with Crippen LogP contribution in [0.2, 0.25) is 0 Å². The fourth-order valence-corrected chi connectivity index (χ4v) is 2.13. The van der Waals surface area contributed by atoms with Gasteiger partial charge < -0.3 is 0 Å². The van der Waals surface area contributed by atoms with Gasteiger partial charge in [-0.05, 0) is 57.1 Å². The van der Waals surface area contributed by atoms with Gasteiger partial charge in [-0.2, -0.15) is 0 Å². The Kier molecular flexibility index (Phi) is 16.1. The van der Waals surface area contributed by atoms with Crippen molar-refractivity contribution in [2.75, 3.05) is 0 Å². The topological polar surface area (TPSA) is 0 Å². The fraction of sp³-hybridized carbons (Fsp3) is 0.571. The van der Waals surface area contributed by atoms with Crippen molar-refractivity contribution in [3.05, 3.63) is 71.9 Å². The van der Waals surface area contributed by atoms with Crippen LogP contribution in [0.3, 0.4) is 0 Å². The van der Waals surface area contributed by atoms with Crippen LogP contribution < -0.4 is 0 Å². The summed E-state index contributed by atoms with van der Waals surface area (Å²) in [4.78, 5) is 0. The third-order valence-electron chi connectivity index (χ3n) is 4.43. The smallest absolute Gasteiger partial charge is 0.0138 e. The van der Waals surface area contributed by atoms with Crippen molar-refractivity contribution in [2.45, 2.75) is 95.9 Å². The lowest BCUT2D eigenvalue weighted by Gasteiger charge is -2.27. The largest absolute Gasteiger partial charge is 0.0953 e. The normalized spacial score (nSPS) is 16.9. The molecule has 0 aromatic heterocycles. The Bertz CT molecular complexity index is 521. The Balaban J connectivity index is -0.000000946. The number of hydrogen-bond acceptors (Lipinski definition) is 0. The quantitative estimate of drug-likeness (QED) is 0.442. The molecule has 0 saturated heterocycles. The summed E-state index contributed by atoms with van der Waals surface area (Å²) in [5.74, 6) is 0. The molecule has 1 rings (SSSR count). The average Bonchev–Trinajstić information content (AvgIpc) is 2.64. The van der Waals surface area contributed by atoms with Crippen LogP contribution in [0.4, 0.5) is 0 Å². The lowest BCUT2D eigenvalue weighted by Crippen LogP contribution is -2.11. The molecule has 0 heteroatoms. The Morgan fingerprint density at radius 3 is 1.00 bits per heavy atom. The van der Waals surface area contributed by atoms with E-state index in [-0.39, 0.29) is 10.8 Å². The SMILES string of the molecule is C=C1C(=C)/C(=C\C(=C)C(C)(C)C)CC/C1=C/C(=C)C(C)(C)C.CC.CC.CC. The molecule has 162 valence electrons. The van der Waals surface area contributed by atoms with Crippen LogP contribution in [0.15, 0.2) is 71.9 Å². The van der Waals surface area contributed by atoms with Gasteiger partial charge in [0.1, 0.15) is 0 Å². The summed E-state index contributed by atoms with van der Waals surface area (Å²) in [6.45, 7) is 42.0. The van der Waals surface area contributed by atoms with Crippen molar-refractivity contribution < 1.29 is 0 Å². The van der Waals surface area contributed by atoms with Crippen LogP contribution in [-0.2, 0) is 0 Å². The van der Waals surface area contributed by atoms with Crippen molar-refractivity contribution >= 4 is 0 Å². The van der Waals surface area contributed by atoms with Gasteiger partial charge in [0, 0.05) is 0 Å². The fourth-order valence-electron chi connectivity index (χ4n) is 2.13. The van der Waals surface area contributed by atoms with E-state index in [1.807, 2.05) is 41.5 Å². The van der Waals surface area contributed by atoms with Gasteiger partial charge in [-0.3, -0.25) is 0 Å². The molecule has 1 saturated carbocycles. The van der Waals surface area contributed by atoms with Gasteiger partial charge in [-0.25, -0.2) is 0 Å². The van der Waals surface area contributed by atoms with E-state index in [9.17, 15) is 0 Å². The number of rotatable bonds is 2. The average molecular weight is 387 g/mol. The van der Waals surface area contributed by atoms with Gasteiger partial charge in [0.05, 0.1) is 0 Å². The third-order valence-corrected chi connectivity index (χ3v) is 4.43. The highest BCUT2D eigenvalue weighted by Gasteiger charge is 2.22. The Morgan fingerprint density at radius 1 is 0.607 bits per heavy atom. The van der Waals surface area contributed by atoms with E-state index < -0.39 is 0 Å². The van der Waals surface area contributed by atoms with Crippen LogP contribution in [0, 0.1) is 10.8 Å². The molecule has 0 aromatic rings. The zero-order valence-electron chi connectivity index (χ0n) is 21.4. The molecule has 0 amide bonds. The van der Waals surface area contributed by atoms with E-state index in [0.29, 0.717) is 0 Å². The van der Waals surface area contributed by atoms with Crippen LogP contribution in [0.25, 0.3) is 0 Å². The van der Waals surface area contributed by atoms with Crippen molar-refractivity contribution in [2.24, 2.45) is 10.8 Å². The molecule has 1 fully saturated rings. The van der Waals surface area contributed by atoms with Crippen molar-refractivity contribution in [3.63, 3.8) is 0 Å². The third kappa shape index (κ3) is 10.7. The van der Waals surface area contributed by atoms with Crippen molar-refractivity contribution in [1.82, 2.24) is 0 Å². The van der Waals surface area contributed by atoms with Gasteiger partial charge in [0.25, 0.3) is 0 Å². The summed E-state index contributed by atoms with van der Waals surface area (Å²) in [5.41, 5.74) is 7.09. The number of hydrogen-bond donors (Lipinski definition) is 0. The van der Waals surface area contributed by atoms with Gasteiger partial charge in [-0.15, -0.1) is 0 Å². The Hall–Kier alpha value is -1.56. The Morgan fingerprint density at radius 2 is 0.821 bits per heavy atom. The second kappa shape index (κ2) is 14.4. The van der Waals surface area contributed by atoms with Gasteiger partial charge in [0.15, 0.2) is 0 Å². The second-order valence-corrected chi connectivity index (χ2v) is 8.35. The first-order valence-corrected chi connectivity index (χ1v) is 11.0. The van der Waals surface area contributed by atoms with Crippen molar-refractivity contribution in [3.8, 4) is 0 Å². The van der Waals surface area contributed by atoms with Crippen LogP contribution in [-0.4, -0.2) is 0 Å². The van der Waals surface area contributed by atoms with Crippen LogP contribution in [0.5, 0.6) is 0 Å². The minimum Gasteiger partial charge on any atom is -0.0953 e. The maximum absolute atomic E-state index is 4.25. The molecule has 0 unspecified atom stereocenters. The van der Waals surface area contributed by atoms with E-state index in [4.69, 9.17) is 0 Å². The molecule has 0 bridgehead atoms. The molecule has 0 spiro atoms. The molecular formula is C28H50. The maximum atomic E-state index is 4.25. The predicted molar refractivity (Wildman–Crippen MR) is 135 cm³/mol. The van der Waals surface area contributed by atoms with E-state index >= 15 is 0 Å². The second-order valence-electron chi connectivity index (χ2n) is 8.35. The van der Waals surface area contributed by atoms with E-state index in [2.05, 4.69) is 80.0 Å². The molecule has 0 N–H and O–H groups in total. The van der Waals surface area contributed by atoms with Gasteiger partial charge >= 0.3 is 0 Å². The zero-order chi connectivity index (χ0) is 23.3. The summed E-state index contributed by atoms with van der Waals surface area (Å²) in [6.07, 6.45) is 6.39. The summed E-state index contributed by atoms with van der Waals surface area (Å²) in [5, 5.41) is 0. The van der Waals surface area contributed by atoms with Gasteiger partial charge in [0.2, 0.25) is 0 Å². The molecule has 28 heavy (non-hydrogen) atoms. The molecule has 0 atom stereocenters. The first-order valence-electron chi connectivity index (χ1n) is 11.0. The molecule has 0 radical (unpaired) electrons. The summed E-state index contributed by atoms with van der Waals surface area (Å²) >= 11 is 0. The van der Waals surface area contributed by atoms with Crippen LogP contribution >= 0.6 is 0 Å². The monoisotopic (exact) mass is 386 g/mol. The van der Waals surface area contributed by atoms with E-state index in [0.717, 1.165) is 35.1 Å². The standard InChI is InChI=1S/C22H32.3C2H6/c1-15(21(5,6)7)13-19-11-12-20(18(4)17(19)3)14-16(2)22(8,9)10;3*1-2/h13-14H,1-4,11-12H2,5-10H3;3*1-2H3/b19-13-,20-14-;;;. The highest BCUT2D eigenvalue weighted by atomic mass is 14.3. The lowest BCUT2D eigenvalue weighted by atomic mass is 9.77. The molecule has 1 aliphatic carbocycles. The summed E-state index contributed by atoms with van der Waals surface area (Å²) < 4.78 is 0. The predicted octanol–water partition coefficient (Wildman–Crippen LogP) is 10.0. The van der Waals surface area contributed by atoms with Crippen LogP contribution in [0.1, 0.15) is 95.9 Å².